The standard InChI is InChI=1S/C16H19NO4/c1-5-11-8-6-7-10(2)13(11)17-9-12-14(18)20-16(3,4)21-15(12)19/h6-9,17H,5H2,1-4H3. The fourth-order valence-corrected chi connectivity index (χ4v) is 2.15. The molecule has 1 aromatic carbocycles. The number of hydrogen-bond acceptors (Lipinski definition) is 5. The fraction of sp³-hybridized carbons (Fsp3) is 0.375. The van der Waals surface area contributed by atoms with Gasteiger partial charge < -0.3 is 14.8 Å². The van der Waals surface area contributed by atoms with E-state index in [-0.39, 0.29) is 5.57 Å². The second-order valence-corrected chi connectivity index (χ2v) is 5.34. The Bertz CT molecular complexity index is 595. The highest BCUT2D eigenvalue weighted by molar-refractivity contribution is 6.15. The molecule has 0 aromatic heterocycles. The summed E-state index contributed by atoms with van der Waals surface area (Å²) in [6, 6.07) is 5.92. The lowest BCUT2D eigenvalue weighted by molar-refractivity contribution is -0.222. The van der Waals surface area contributed by atoms with Crippen molar-refractivity contribution in [1.82, 2.24) is 0 Å². The van der Waals surface area contributed by atoms with Gasteiger partial charge in [0.15, 0.2) is 5.57 Å². The molecule has 0 saturated carbocycles. The molecule has 0 unspecified atom stereocenters. The Morgan fingerprint density at radius 3 is 2.38 bits per heavy atom. The highest BCUT2D eigenvalue weighted by Gasteiger charge is 2.38. The van der Waals surface area contributed by atoms with Crippen LogP contribution in [0, 0.1) is 6.92 Å². The summed E-state index contributed by atoms with van der Waals surface area (Å²) < 4.78 is 10.1. The molecule has 0 atom stereocenters. The van der Waals surface area contributed by atoms with Crippen LogP contribution in [-0.2, 0) is 25.5 Å². The maximum Gasteiger partial charge on any atom is 0.350 e. The van der Waals surface area contributed by atoms with Gasteiger partial charge in [-0.25, -0.2) is 9.59 Å². The monoisotopic (exact) mass is 289 g/mol. The van der Waals surface area contributed by atoms with Crippen molar-refractivity contribution in [2.24, 2.45) is 0 Å². The number of esters is 2. The molecule has 5 heteroatoms. The molecule has 21 heavy (non-hydrogen) atoms. The molecule has 1 aliphatic heterocycles. The minimum absolute atomic E-state index is 0.139. The van der Waals surface area contributed by atoms with Crippen LogP contribution in [0.4, 0.5) is 5.69 Å². The van der Waals surface area contributed by atoms with Crippen molar-refractivity contribution in [2.75, 3.05) is 5.32 Å². The normalized spacial score (nSPS) is 17.0. The van der Waals surface area contributed by atoms with Crippen LogP contribution in [-0.4, -0.2) is 17.7 Å². The van der Waals surface area contributed by atoms with Gasteiger partial charge >= 0.3 is 11.9 Å². The van der Waals surface area contributed by atoms with E-state index in [1.54, 1.807) is 0 Å². The van der Waals surface area contributed by atoms with E-state index in [0.29, 0.717) is 0 Å². The summed E-state index contributed by atoms with van der Waals surface area (Å²) in [6.45, 7) is 7.03. The van der Waals surface area contributed by atoms with E-state index < -0.39 is 17.7 Å². The van der Waals surface area contributed by atoms with E-state index in [9.17, 15) is 9.59 Å². The number of anilines is 1. The average Bonchev–Trinajstić information content (AvgIpc) is 2.37. The number of para-hydroxylation sites is 1. The van der Waals surface area contributed by atoms with Crippen molar-refractivity contribution in [3.63, 3.8) is 0 Å². The van der Waals surface area contributed by atoms with Gasteiger partial charge in [-0.05, 0) is 24.5 Å². The summed E-state index contributed by atoms with van der Waals surface area (Å²) in [5.74, 6) is -2.59. The van der Waals surface area contributed by atoms with E-state index in [0.717, 1.165) is 23.2 Å². The second-order valence-electron chi connectivity index (χ2n) is 5.34. The van der Waals surface area contributed by atoms with Crippen LogP contribution >= 0.6 is 0 Å². The molecule has 1 aromatic rings. The van der Waals surface area contributed by atoms with E-state index in [1.807, 2.05) is 32.0 Å². The quantitative estimate of drug-likeness (QED) is 0.526. The smallest absolute Gasteiger partial charge is 0.350 e. The van der Waals surface area contributed by atoms with Crippen molar-refractivity contribution in [3.8, 4) is 0 Å². The molecule has 5 nitrogen and oxygen atoms in total. The van der Waals surface area contributed by atoms with Crippen molar-refractivity contribution >= 4 is 17.6 Å². The van der Waals surface area contributed by atoms with Crippen molar-refractivity contribution in [1.29, 1.82) is 0 Å². The maximum atomic E-state index is 11.8. The largest absolute Gasteiger partial charge is 0.419 e. The van der Waals surface area contributed by atoms with Crippen LogP contribution < -0.4 is 5.32 Å². The Labute approximate surface area is 123 Å². The maximum absolute atomic E-state index is 11.8. The third kappa shape index (κ3) is 3.24. The predicted molar refractivity (Wildman–Crippen MR) is 78.5 cm³/mol. The van der Waals surface area contributed by atoms with Gasteiger partial charge in [-0.15, -0.1) is 0 Å². The van der Waals surface area contributed by atoms with Gasteiger partial charge in [0.2, 0.25) is 0 Å². The minimum Gasteiger partial charge on any atom is -0.419 e. The number of cyclic esters (lactones) is 2. The Morgan fingerprint density at radius 1 is 1.19 bits per heavy atom. The number of ether oxygens (including phenoxy) is 2. The van der Waals surface area contributed by atoms with Gasteiger partial charge in [0.1, 0.15) is 0 Å². The molecule has 2 rings (SSSR count). The first-order valence-corrected chi connectivity index (χ1v) is 6.86. The van der Waals surface area contributed by atoms with E-state index in [2.05, 4.69) is 5.32 Å². The molecule has 0 aliphatic carbocycles. The summed E-state index contributed by atoms with van der Waals surface area (Å²) >= 11 is 0. The first-order chi connectivity index (χ1) is 9.84. The third-order valence-electron chi connectivity index (χ3n) is 3.22. The molecule has 1 N–H and O–H groups in total. The molecule has 1 heterocycles. The molecule has 112 valence electrons. The fourth-order valence-electron chi connectivity index (χ4n) is 2.15. The zero-order valence-corrected chi connectivity index (χ0v) is 12.6. The van der Waals surface area contributed by atoms with E-state index >= 15 is 0 Å². The highest BCUT2D eigenvalue weighted by atomic mass is 16.7. The number of carbonyl (C=O) groups excluding carboxylic acids is 2. The molecule has 1 saturated heterocycles. The summed E-state index contributed by atoms with van der Waals surface area (Å²) in [4.78, 5) is 23.7. The lowest BCUT2D eigenvalue weighted by Gasteiger charge is -2.29. The molecule has 1 fully saturated rings. The Morgan fingerprint density at radius 2 is 1.81 bits per heavy atom. The lowest BCUT2D eigenvalue weighted by atomic mass is 10.1. The van der Waals surface area contributed by atoms with E-state index in [1.165, 1.54) is 20.0 Å². The van der Waals surface area contributed by atoms with Gasteiger partial charge in [-0.3, -0.25) is 0 Å². The molecule has 0 amide bonds. The zero-order valence-electron chi connectivity index (χ0n) is 12.6. The van der Waals surface area contributed by atoms with Crippen LogP contribution in [0.25, 0.3) is 0 Å². The van der Waals surface area contributed by atoms with Crippen molar-refractivity contribution in [2.45, 2.75) is 39.9 Å². The summed E-state index contributed by atoms with van der Waals surface area (Å²) in [6.07, 6.45) is 2.19. The Kier molecular flexibility index (Phi) is 4.02. The van der Waals surface area contributed by atoms with Gasteiger partial charge in [-0.2, -0.15) is 0 Å². The predicted octanol–water partition coefficient (Wildman–Crippen LogP) is 2.69. The number of nitrogens with one attached hydrogen (secondary N) is 1. The number of hydrogen-bond donors (Lipinski definition) is 1. The Balaban J connectivity index is 2.26. The highest BCUT2D eigenvalue weighted by Crippen LogP contribution is 2.24. The second kappa shape index (κ2) is 5.60. The topological polar surface area (TPSA) is 64.6 Å². The number of aryl methyl sites for hydroxylation is 2. The third-order valence-corrected chi connectivity index (χ3v) is 3.22. The first-order valence-electron chi connectivity index (χ1n) is 6.86. The Hall–Kier alpha value is -2.30. The van der Waals surface area contributed by atoms with Gasteiger partial charge in [0, 0.05) is 25.7 Å². The van der Waals surface area contributed by atoms with Gasteiger partial charge in [0.05, 0.1) is 0 Å². The van der Waals surface area contributed by atoms with E-state index in [4.69, 9.17) is 9.47 Å². The molecule has 0 bridgehead atoms. The molecular formula is C16H19NO4. The molecule has 0 radical (unpaired) electrons. The van der Waals surface area contributed by atoms with Gasteiger partial charge in [0.25, 0.3) is 5.79 Å². The van der Waals surface area contributed by atoms with Crippen molar-refractivity contribution < 1.29 is 19.1 Å². The van der Waals surface area contributed by atoms with Crippen LogP contribution in [0.15, 0.2) is 30.0 Å². The van der Waals surface area contributed by atoms with Crippen molar-refractivity contribution in [3.05, 3.63) is 41.1 Å². The van der Waals surface area contributed by atoms with Gasteiger partial charge in [-0.1, -0.05) is 25.1 Å². The molecule has 1 aliphatic rings. The lowest BCUT2D eigenvalue weighted by Crippen LogP contribution is -2.42. The number of benzene rings is 1. The SMILES string of the molecule is CCc1cccc(C)c1NC=C1C(=O)OC(C)(C)OC1=O. The van der Waals surface area contributed by atoms with Crippen LogP contribution in [0.3, 0.4) is 0 Å². The molecular weight excluding hydrogens is 270 g/mol. The first kappa shape index (κ1) is 15.1. The summed E-state index contributed by atoms with van der Waals surface area (Å²) in [5.41, 5.74) is 2.88. The molecule has 0 spiro atoms. The summed E-state index contributed by atoms with van der Waals surface area (Å²) in [7, 11) is 0. The van der Waals surface area contributed by atoms with Crippen LogP contribution in [0.5, 0.6) is 0 Å². The van der Waals surface area contributed by atoms with Crippen LogP contribution in [0.2, 0.25) is 0 Å². The van der Waals surface area contributed by atoms with Crippen LogP contribution in [0.1, 0.15) is 31.9 Å². The minimum atomic E-state index is -1.22. The summed E-state index contributed by atoms with van der Waals surface area (Å²) in [5, 5.41) is 3.03. The average molecular weight is 289 g/mol. The number of carbonyl (C=O) groups is 2. The number of rotatable bonds is 3. The zero-order chi connectivity index (χ0) is 15.6.